The van der Waals surface area contributed by atoms with Gasteiger partial charge in [-0.15, -0.1) is 0 Å². The molecule has 0 bridgehead atoms. The highest BCUT2D eigenvalue weighted by molar-refractivity contribution is 5.77. The van der Waals surface area contributed by atoms with Gasteiger partial charge in [0.25, 0.3) is 0 Å². The summed E-state index contributed by atoms with van der Waals surface area (Å²) in [5.41, 5.74) is 12.4. The fourth-order valence-corrected chi connectivity index (χ4v) is 2.38. The molecule has 1 fully saturated rings. The van der Waals surface area contributed by atoms with Crippen molar-refractivity contribution in [3.63, 3.8) is 0 Å². The Morgan fingerprint density at radius 3 is 2.89 bits per heavy atom. The SMILES string of the molecule is NCc1cc(F)cc(N2CCCC(C(N)=O)C2)c1. The van der Waals surface area contributed by atoms with Crippen LogP contribution in [0, 0.1) is 11.7 Å². The number of benzene rings is 1. The number of carbonyl (C=O) groups is 1. The molecule has 98 valence electrons. The average Bonchev–Trinajstić information content (AvgIpc) is 2.38. The molecule has 1 aliphatic heterocycles. The van der Waals surface area contributed by atoms with Crippen LogP contribution in [0.2, 0.25) is 0 Å². The quantitative estimate of drug-likeness (QED) is 0.841. The predicted octanol–water partition coefficient (Wildman–Crippen LogP) is 0.986. The molecular formula is C13H18FN3O. The lowest BCUT2D eigenvalue weighted by molar-refractivity contribution is -0.122. The zero-order valence-electron chi connectivity index (χ0n) is 10.2. The van der Waals surface area contributed by atoms with E-state index in [1.807, 2.05) is 11.0 Å². The Hall–Kier alpha value is -1.62. The smallest absolute Gasteiger partial charge is 0.222 e. The number of primary amides is 1. The minimum Gasteiger partial charge on any atom is -0.371 e. The number of rotatable bonds is 3. The van der Waals surface area contributed by atoms with E-state index in [-0.39, 0.29) is 17.6 Å². The molecule has 1 atom stereocenters. The molecule has 4 nitrogen and oxygen atoms in total. The van der Waals surface area contributed by atoms with Gasteiger partial charge in [0.1, 0.15) is 5.82 Å². The first-order chi connectivity index (χ1) is 8.60. The molecule has 0 radical (unpaired) electrons. The van der Waals surface area contributed by atoms with Gasteiger partial charge in [-0.1, -0.05) is 0 Å². The molecule has 0 aliphatic carbocycles. The molecule has 18 heavy (non-hydrogen) atoms. The van der Waals surface area contributed by atoms with Crippen molar-refractivity contribution < 1.29 is 9.18 Å². The molecule has 1 amide bonds. The lowest BCUT2D eigenvalue weighted by Gasteiger charge is -2.33. The first-order valence-corrected chi connectivity index (χ1v) is 6.14. The first-order valence-electron chi connectivity index (χ1n) is 6.14. The Morgan fingerprint density at radius 1 is 1.44 bits per heavy atom. The highest BCUT2D eigenvalue weighted by Gasteiger charge is 2.24. The van der Waals surface area contributed by atoms with Crippen LogP contribution in [-0.4, -0.2) is 19.0 Å². The summed E-state index contributed by atoms with van der Waals surface area (Å²) in [4.78, 5) is 13.2. The number of nitrogens with two attached hydrogens (primary N) is 2. The van der Waals surface area contributed by atoms with Crippen molar-refractivity contribution in [2.45, 2.75) is 19.4 Å². The van der Waals surface area contributed by atoms with E-state index in [0.717, 1.165) is 30.6 Å². The Balaban J connectivity index is 2.20. The normalized spacial score (nSPS) is 19.9. The van der Waals surface area contributed by atoms with Crippen molar-refractivity contribution in [3.05, 3.63) is 29.6 Å². The summed E-state index contributed by atoms with van der Waals surface area (Å²) >= 11 is 0. The van der Waals surface area contributed by atoms with Gasteiger partial charge < -0.3 is 16.4 Å². The number of amides is 1. The molecule has 1 unspecified atom stereocenters. The summed E-state index contributed by atoms with van der Waals surface area (Å²) in [6, 6.07) is 4.77. The summed E-state index contributed by atoms with van der Waals surface area (Å²) < 4.78 is 13.5. The molecule has 1 heterocycles. The third kappa shape index (κ3) is 2.79. The molecular weight excluding hydrogens is 233 g/mol. The van der Waals surface area contributed by atoms with Crippen molar-refractivity contribution in [1.29, 1.82) is 0 Å². The number of hydrogen-bond donors (Lipinski definition) is 2. The standard InChI is InChI=1S/C13H18FN3O/c14-11-4-9(7-15)5-12(6-11)17-3-1-2-10(8-17)13(16)18/h4-6,10H,1-3,7-8,15H2,(H2,16,18). The molecule has 1 aromatic carbocycles. The van der Waals surface area contributed by atoms with Crippen LogP contribution in [0.4, 0.5) is 10.1 Å². The molecule has 0 aromatic heterocycles. The molecule has 2 rings (SSSR count). The second kappa shape index (κ2) is 5.35. The van der Waals surface area contributed by atoms with E-state index in [9.17, 15) is 9.18 Å². The Kier molecular flexibility index (Phi) is 3.81. The number of halogens is 1. The maximum atomic E-state index is 13.5. The van der Waals surface area contributed by atoms with Gasteiger partial charge in [-0.2, -0.15) is 0 Å². The Morgan fingerprint density at radius 2 is 2.22 bits per heavy atom. The molecule has 0 spiro atoms. The predicted molar refractivity (Wildman–Crippen MR) is 68.4 cm³/mol. The lowest BCUT2D eigenvalue weighted by atomic mass is 9.97. The average molecular weight is 251 g/mol. The Bertz CT molecular complexity index is 450. The molecule has 0 saturated carbocycles. The van der Waals surface area contributed by atoms with Crippen LogP contribution >= 0.6 is 0 Å². The van der Waals surface area contributed by atoms with Crippen LogP contribution < -0.4 is 16.4 Å². The summed E-state index contributed by atoms with van der Waals surface area (Å²) in [5, 5.41) is 0. The number of hydrogen-bond acceptors (Lipinski definition) is 3. The van der Waals surface area contributed by atoms with Crippen LogP contribution in [-0.2, 0) is 11.3 Å². The monoisotopic (exact) mass is 251 g/mol. The van der Waals surface area contributed by atoms with Gasteiger partial charge in [0, 0.05) is 25.3 Å². The molecule has 4 N–H and O–H groups in total. The summed E-state index contributed by atoms with van der Waals surface area (Å²) in [6.45, 7) is 1.68. The molecule has 5 heteroatoms. The summed E-state index contributed by atoms with van der Waals surface area (Å²) in [7, 11) is 0. The van der Waals surface area contributed by atoms with Crippen LogP contribution in [0.1, 0.15) is 18.4 Å². The van der Waals surface area contributed by atoms with Crippen molar-refractivity contribution in [2.24, 2.45) is 17.4 Å². The van der Waals surface area contributed by atoms with Gasteiger partial charge in [0.05, 0.1) is 5.92 Å². The highest BCUT2D eigenvalue weighted by Crippen LogP contribution is 2.24. The third-order valence-electron chi connectivity index (χ3n) is 3.37. The molecule has 1 aliphatic rings. The summed E-state index contributed by atoms with van der Waals surface area (Å²) in [5.74, 6) is -0.729. The van der Waals surface area contributed by atoms with Crippen molar-refractivity contribution in [1.82, 2.24) is 0 Å². The Labute approximate surface area is 106 Å². The van der Waals surface area contributed by atoms with E-state index >= 15 is 0 Å². The van der Waals surface area contributed by atoms with E-state index in [0.29, 0.717) is 13.1 Å². The largest absolute Gasteiger partial charge is 0.371 e. The van der Waals surface area contributed by atoms with E-state index in [4.69, 9.17) is 11.5 Å². The van der Waals surface area contributed by atoms with Crippen molar-refractivity contribution in [2.75, 3.05) is 18.0 Å². The van der Waals surface area contributed by atoms with Crippen molar-refractivity contribution >= 4 is 11.6 Å². The van der Waals surface area contributed by atoms with Gasteiger partial charge in [0.2, 0.25) is 5.91 Å². The molecule has 1 aromatic rings. The minimum absolute atomic E-state index is 0.150. The van der Waals surface area contributed by atoms with Crippen molar-refractivity contribution in [3.8, 4) is 0 Å². The van der Waals surface area contributed by atoms with Gasteiger partial charge in [0.15, 0.2) is 0 Å². The van der Waals surface area contributed by atoms with Crippen LogP contribution in [0.5, 0.6) is 0 Å². The van der Waals surface area contributed by atoms with Crippen LogP contribution in [0.3, 0.4) is 0 Å². The number of carbonyl (C=O) groups excluding carboxylic acids is 1. The fourth-order valence-electron chi connectivity index (χ4n) is 2.38. The van der Waals surface area contributed by atoms with E-state index in [1.54, 1.807) is 0 Å². The van der Waals surface area contributed by atoms with Gasteiger partial charge in [-0.3, -0.25) is 4.79 Å². The minimum atomic E-state index is -0.297. The second-order valence-electron chi connectivity index (χ2n) is 4.71. The maximum absolute atomic E-state index is 13.5. The zero-order chi connectivity index (χ0) is 13.1. The number of anilines is 1. The summed E-state index contributed by atoms with van der Waals surface area (Å²) in [6.07, 6.45) is 1.70. The topological polar surface area (TPSA) is 72.3 Å². The van der Waals surface area contributed by atoms with Crippen LogP contribution in [0.15, 0.2) is 18.2 Å². The van der Waals surface area contributed by atoms with Crippen LogP contribution in [0.25, 0.3) is 0 Å². The van der Waals surface area contributed by atoms with Gasteiger partial charge in [-0.05, 0) is 36.6 Å². The highest BCUT2D eigenvalue weighted by atomic mass is 19.1. The lowest BCUT2D eigenvalue weighted by Crippen LogP contribution is -2.41. The molecule has 1 saturated heterocycles. The van der Waals surface area contributed by atoms with Gasteiger partial charge >= 0.3 is 0 Å². The van der Waals surface area contributed by atoms with Gasteiger partial charge in [-0.25, -0.2) is 4.39 Å². The second-order valence-corrected chi connectivity index (χ2v) is 4.71. The fraction of sp³-hybridized carbons (Fsp3) is 0.462. The maximum Gasteiger partial charge on any atom is 0.222 e. The van der Waals surface area contributed by atoms with E-state index < -0.39 is 0 Å². The number of nitrogens with zero attached hydrogens (tertiary/aromatic N) is 1. The third-order valence-corrected chi connectivity index (χ3v) is 3.37. The zero-order valence-corrected chi connectivity index (χ0v) is 10.2. The van der Waals surface area contributed by atoms with E-state index in [2.05, 4.69) is 0 Å². The number of piperidine rings is 1. The first kappa shape index (κ1) is 12.8. The van der Waals surface area contributed by atoms with E-state index in [1.165, 1.54) is 12.1 Å².